The maximum Gasteiger partial charge on any atom is 0.157 e. The van der Waals surface area contributed by atoms with E-state index in [1.165, 1.54) is 16.2 Å². The van der Waals surface area contributed by atoms with Crippen molar-refractivity contribution in [1.29, 1.82) is 0 Å². The van der Waals surface area contributed by atoms with Gasteiger partial charge in [0.15, 0.2) is 5.84 Å². The van der Waals surface area contributed by atoms with Crippen LogP contribution in [0.2, 0.25) is 0 Å². The van der Waals surface area contributed by atoms with E-state index in [9.17, 15) is 0 Å². The molecule has 3 aromatic carbocycles. The second-order valence-electron chi connectivity index (χ2n) is 5.68. The van der Waals surface area contributed by atoms with Crippen LogP contribution in [0.1, 0.15) is 5.69 Å². The molecule has 1 aliphatic rings. The predicted octanol–water partition coefficient (Wildman–Crippen LogP) is 4.89. The summed E-state index contributed by atoms with van der Waals surface area (Å²) in [5.74, 6) is 0.793. The van der Waals surface area contributed by atoms with Gasteiger partial charge in [-0.3, -0.25) is 4.98 Å². The SMILES string of the molecule is c1ccc2cc(C3=Nc4cccc5cccc(c45)N3)ncc2c1. The van der Waals surface area contributed by atoms with Gasteiger partial charge in [0.25, 0.3) is 0 Å². The van der Waals surface area contributed by atoms with Crippen LogP contribution in [0.4, 0.5) is 11.4 Å². The largest absolute Gasteiger partial charge is 0.338 e. The van der Waals surface area contributed by atoms with Gasteiger partial charge < -0.3 is 5.32 Å². The second kappa shape index (κ2) is 4.65. The summed E-state index contributed by atoms with van der Waals surface area (Å²) in [6.45, 7) is 0. The minimum atomic E-state index is 0.793. The van der Waals surface area contributed by atoms with E-state index in [0.29, 0.717) is 0 Å². The lowest BCUT2D eigenvalue weighted by atomic mass is 10.0. The highest BCUT2D eigenvalue weighted by Crippen LogP contribution is 2.36. The summed E-state index contributed by atoms with van der Waals surface area (Å²) in [4.78, 5) is 9.36. The highest BCUT2D eigenvalue weighted by Gasteiger charge is 2.16. The average Bonchev–Trinajstić information content (AvgIpc) is 2.62. The van der Waals surface area contributed by atoms with Crippen LogP contribution in [0.5, 0.6) is 0 Å². The van der Waals surface area contributed by atoms with Crippen LogP contribution in [-0.2, 0) is 0 Å². The van der Waals surface area contributed by atoms with E-state index in [2.05, 4.69) is 52.8 Å². The van der Waals surface area contributed by atoms with Gasteiger partial charge in [-0.25, -0.2) is 4.99 Å². The van der Waals surface area contributed by atoms with Gasteiger partial charge >= 0.3 is 0 Å². The van der Waals surface area contributed by atoms with Crippen molar-refractivity contribution in [3.63, 3.8) is 0 Å². The topological polar surface area (TPSA) is 37.3 Å². The Morgan fingerprint density at radius 2 is 1.52 bits per heavy atom. The Labute approximate surface area is 133 Å². The monoisotopic (exact) mass is 295 g/mol. The lowest BCUT2D eigenvalue weighted by Gasteiger charge is -2.18. The highest BCUT2D eigenvalue weighted by atomic mass is 15.0. The molecule has 0 spiro atoms. The van der Waals surface area contributed by atoms with E-state index < -0.39 is 0 Å². The Bertz CT molecular complexity index is 1090. The molecular formula is C20H13N3. The number of nitrogens with zero attached hydrogens (tertiary/aromatic N) is 2. The van der Waals surface area contributed by atoms with Crippen LogP contribution in [0.15, 0.2) is 77.9 Å². The molecule has 0 amide bonds. The molecule has 0 radical (unpaired) electrons. The summed E-state index contributed by atoms with van der Waals surface area (Å²) >= 11 is 0. The molecule has 3 heteroatoms. The lowest BCUT2D eigenvalue weighted by Crippen LogP contribution is -2.17. The molecule has 0 aliphatic carbocycles. The molecule has 0 bridgehead atoms. The first-order chi connectivity index (χ1) is 11.4. The highest BCUT2D eigenvalue weighted by molar-refractivity contribution is 6.18. The van der Waals surface area contributed by atoms with E-state index in [1.54, 1.807) is 0 Å². The first kappa shape index (κ1) is 12.4. The van der Waals surface area contributed by atoms with Crippen molar-refractivity contribution in [2.75, 3.05) is 5.32 Å². The molecule has 2 heterocycles. The van der Waals surface area contributed by atoms with E-state index in [1.807, 2.05) is 30.5 Å². The molecule has 108 valence electrons. The van der Waals surface area contributed by atoms with Gasteiger partial charge in [-0.05, 0) is 29.0 Å². The van der Waals surface area contributed by atoms with Gasteiger partial charge in [0.2, 0.25) is 0 Å². The van der Waals surface area contributed by atoms with Crippen molar-refractivity contribution in [3.05, 3.63) is 78.6 Å². The van der Waals surface area contributed by atoms with Gasteiger partial charge in [0.05, 0.1) is 5.69 Å². The molecule has 0 fully saturated rings. The minimum Gasteiger partial charge on any atom is -0.338 e. The molecule has 0 atom stereocenters. The first-order valence-electron chi connectivity index (χ1n) is 7.61. The molecule has 3 nitrogen and oxygen atoms in total. The number of aliphatic imine (C=N–C) groups is 1. The normalized spacial score (nSPS) is 13.0. The quantitative estimate of drug-likeness (QED) is 0.542. The lowest BCUT2D eigenvalue weighted by molar-refractivity contribution is 1.30. The summed E-state index contributed by atoms with van der Waals surface area (Å²) in [5.41, 5.74) is 2.93. The fraction of sp³-hybridized carbons (Fsp3) is 0. The summed E-state index contributed by atoms with van der Waals surface area (Å²) in [5, 5.41) is 8.09. The summed E-state index contributed by atoms with van der Waals surface area (Å²) in [6.07, 6.45) is 1.90. The van der Waals surface area contributed by atoms with Gasteiger partial charge in [-0.2, -0.15) is 0 Å². The van der Waals surface area contributed by atoms with E-state index in [4.69, 9.17) is 4.99 Å². The van der Waals surface area contributed by atoms with Crippen molar-refractivity contribution in [2.45, 2.75) is 0 Å². The number of amidine groups is 1. The zero-order valence-corrected chi connectivity index (χ0v) is 12.3. The molecular weight excluding hydrogens is 282 g/mol. The second-order valence-corrected chi connectivity index (χ2v) is 5.68. The molecule has 1 aromatic heterocycles. The number of hydrogen-bond donors (Lipinski definition) is 1. The molecule has 1 aliphatic heterocycles. The Balaban J connectivity index is 1.71. The van der Waals surface area contributed by atoms with Crippen molar-refractivity contribution >= 4 is 38.8 Å². The van der Waals surface area contributed by atoms with Gasteiger partial charge in [0.1, 0.15) is 5.69 Å². The van der Waals surface area contributed by atoms with Gasteiger partial charge in [0, 0.05) is 22.7 Å². The maximum absolute atomic E-state index is 4.78. The molecule has 23 heavy (non-hydrogen) atoms. The third-order valence-electron chi connectivity index (χ3n) is 4.24. The number of rotatable bonds is 1. The number of pyridine rings is 1. The molecule has 5 rings (SSSR count). The van der Waals surface area contributed by atoms with Crippen LogP contribution in [0.25, 0.3) is 21.5 Å². The summed E-state index contributed by atoms with van der Waals surface area (Å²) < 4.78 is 0. The van der Waals surface area contributed by atoms with E-state index >= 15 is 0 Å². The van der Waals surface area contributed by atoms with Crippen molar-refractivity contribution in [1.82, 2.24) is 4.98 Å². The fourth-order valence-corrected chi connectivity index (χ4v) is 3.13. The zero-order chi connectivity index (χ0) is 15.2. The molecule has 0 saturated carbocycles. The molecule has 4 aromatic rings. The van der Waals surface area contributed by atoms with Crippen LogP contribution < -0.4 is 5.32 Å². The van der Waals surface area contributed by atoms with Crippen molar-refractivity contribution < 1.29 is 0 Å². The standard InChI is InChI=1S/C20H13N3/c1-2-6-15-12-21-18(11-14(15)5-1)20-22-16-9-3-7-13-8-4-10-17(23-20)19(13)16/h1-12H,(H,22,23). The smallest absolute Gasteiger partial charge is 0.157 e. The third-order valence-corrected chi connectivity index (χ3v) is 4.24. The zero-order valence-electron chi connectivity index (χ0n) is 12.3. The molecule has 0 saturated heterocycles. The van der Waals surface area contributed by atoms with E-state index in [0.717, 1.165) is 28.3 Å². The Hall–Kier alpha value is -3.20. The number of anilines is 1. The summed E-state index contributed by atoms with van der Waals surface area (Å²) in [7, 11) is 0. The number of fused-ring (bicyclic) bond motifs is 1. The minimum absolute atomic E-state index is 0.793. The van der Waals surface area contributed by atoms with E-state index in [-0.39, 0.29) is 0 Å². The van der Waals surface area contributed by atoms with Crippen molar-refractivity contribution in [2.24, 2.45) is 4.99 Å². The number of aromatic nitrogens is 1. The fourth-order valence-electron chi connectivity index (χ4n) is 3.13. The van der Waals surface area contributed by atoms with Crippen molar-refractivity contribution in [3.8, 4) is 0 Å². The predicted molar refractivity (Wildman–Crippen MR) is 95.5 cm³/mol. The Kier molecular flexibility index (Phi) is 2.50. The molecule has 0 unspecified atom stereocenters. The maximum atomic E-state index is 4.78. The average molecular weight is 295 g/mol. The Morgan fingerprint density at radius 3 is 2.43 bits per heavy atom. The van der Waals surface area contributed by atoms with Crippen LogP contribution >= 0.6 is 0 Å². The number of benzene rings is 3. The first-order valence-corrected chi connectivity index (χ1v) is 7.61. The molecule has 1 N–H and O–H groups in total. The van der Waals surface area contributed by atoms with Gasteiger partial charge in [-0.1, -0.05) is 48.5 Å². The van der Waals surface area contributed by atoms with Crippen LogP contribution in [-0.4, -0.2) is 10.8 Å². The van der Waals surface area contributed by atoms with Gasteiger partial charge in [-0.15, -0.1) is 0 Å². The van der Waals surface area contributed by atoms with Crippen LogP contribution in [0, 0.1) is 0 Å². The third kappa shape index (κ3) is 1.90. The summed E-state index contributed by atoms with van der Waals surface area (Å²) in [6, 6.07) is 22.8. The van der Waals surface area contributed by atoms with Crippen LogP contribution in [0.3, 0.4) is 0 Å². The Morgan fingerprint density at radius 1 is 0.739 bits per heavy atom. The number of hydrogen-bond acceptors (Lipinski definition) is 3. The number of nitrogens with one attached hydrogen (secondary N) is 1.